The fourth-order valence-corrected chi connectivity index (χ4v) is 3.15. The van der Waals surface area contributed by atoms with Crippen molar-refractivity contribution in [3.63, 3.8) is 0 Å². The number of hydrogen-bond acceptors (Lipinski definition) is 3. The maximum Gasteiger partial charge on any atom is 0.138 e. The Morgan fingerprint density at radius 2 is 2.27 bits per heavy atom. The molecule has 15 heavy (non-hydrogen) atoms. The van der Waals surface area contributed by atoms with Crippen LogP contribution < -0.4 is 10.1 Å². The van der Waals surface area contributed by atoms with Gasteiger partial charge in [0.25, 0.3) is 0 Å². The van der Waals surface area contributed by atoms with Crippen molar-refractivity contribution >= 4 is 23.7 Å². The van der Waals surface area contributed by atoms with E-state index in [1.165, 1.54) is 35.5 Å². The van der Waals surface area contributed by atoms with Crippen molar-refractivity contribution in [2.75, 3.05) is 13.2 Å². The lowest BCUT2D eigenvalue weighted by Gasteiger charge is -2.25. The van der Waals surface area contributed by atoms with E-state index in [1.54, 1.807) is 0 Å². The summed E-state index contributed by atoms with van der Waals surface area (Å²) in [6.07, 6.45) is 4.12. The first kappa shape index (κ1) is 11.2. The molecule has 3 rings (SSSR count). The Bertz CT molecular complexity index is 335. The van der Waals surface area contributed by atoms with Crippen LogP contribution in [0.25, 0.3) is 0 Å². The third-order valence-electron chi connectivity index (χ3n) is 3.20. The van der Waals surface area contributed by atoms with Crippen LogP contribution in [0, 0.1) is 0 Å². The summed E-state index contributed by atoms with van der Waals surface area (Å²) in [5.41, 5.74) is 1.49. The minimum atomic E-state index is 0. The normalized spacial score (nSPS) is 20.5. The smallest absolute Gasteiger partial charge is 0.138 e. The van der Waals surface area contributed by atoms with Gasteiger partial charge in [0, 0.05) is 18.7 Å². The fraction of sp³-hybridized carbons (Fsp3) is 0.636. The van der Waals surface area contributed by atoms with Crippen LogP contribution in [0.5, 0.6) is 5.75 Å². The van der Waals surface area contributed by atoms with Gasteiger partial charge >= 0.3 is 0 Å². The lowest BCUT2D eigenvalue weighted by Crippen LogP contribution is -2.16. The van der Waals surface area contributed by atoms with E-state index < -0.39 is 0 Å². The lowest BCUT2D eigenvalue weighted by atomic mass is 9.81. The Kier molecular flexibility index (Phi) is 3.54. The van der Waals surface area contributed by atoms with Crippen molar-refractivity contribution in [1.82, 2.24) is 5.32 Å². The van der Waals surface area contributed by atoms with E-state index in [0.29, 0.717) is 0 Å². The summed E-state index contributed by atoms with van der Waals surface area (Å²) < 4.78 is 5.82. The summed E-state index contributed by atoms with van der Waals surface area (Å²) >= 11 is 1.86. The first-order valence-corrected chi connectivity index (χ1v) is 6.27. The SMILES string of the molecule is Cl.c1sc2c(c1C1CCC1)OCCNC2. The molecule has 0 spiro atoms. The van der Waals surface area contributed by atoms with Crippen molar-refractivity contribution < 1.29 is 4.74 Å². The first-order chi connectivity index (χ1) is 6.95. The molecule has 84 valence electrons. The van der Waals surface area contributed by atoms with Crippen molar-refractivity contribution in [3.8, 4) is 5.75 Å². The molecule has 0 unspecified atom stereocenters. The molecule has 0 radical (unpaired) electrons. The Morgan fingerprint density at radius 1 is 1.40 bits per heavy atom. The molecule has 2 heterocycles. The van der Waals surface area contributed by atoms with Gasteiger partial charge in [-0.2, -0.15) is 0 Å². The molecule has 1 fully saturated rings. The van der Waals surface area contributed by atoms with Crippen molar-refractivity contribution in [3.05, 3.63) is 15.8 Å². The molecule has 2 nitrogen and oxygen atoms in total. The van der Waals surface area contributed by atoms with Crippen LogP contribution in [-0.2, 0) is 6.54 Å². The third-order valence-corrected chi connectivity index (χ3v) is 4.19. The molecule has 1 aromatic heterocycles. The molecule has 1 aliphatic carbocycles. The largest absolute Gasteiger partial charge is 0.491 e. The summed E-state index contributed by atoms with van der Waals surface area (Å²) in [5.74, 6) is 2.01. The highest BCUT2D eigenvalue weighted by atomic mass is 35.5. The highest BCUT2D eigenvalue weighted by Gasteiger charge is 2.26. The minimum absolute atomic E-state index is 0. The predicted molar refractivity (Wildman–Crippen MR) is 65.4 cm³/mol. The van der Waals surface area contributed by atoms with Gasteiger partial charge < -0.3 is 10.1 Å². The van der Waals surface area contributed by atoms with Gasteiger partial charge in [-0.05, 0) is 24.1 Å². The molecule has 1 N–H and O–H groups in total. The number of nitrogens with one attached hydrogen (secondary N) is 1. The first-order valence-electron chi connectivity index (χ1n) is 5.39. The van der Waals surface area contributed by atoms with Crippen LogP contribution in [0.3, 0.4) is 0 Å². The van der Waals surface area contributed by atoms with Crippen molar-refractivity contribution in [1.29, 1.82) is 0 Å². The van der Waals surface area contributed by atoms with E-state index in [9.17, 15) is 0 Å². The molecule has 0 saturated heterocycles. The summed E-state index contributed by atoms with van der Waals surface area (Å²) in [6.45, 7) is 2.79. The Hall–Kier alpha value is -0.250. The van der Waals surface area contributed by atoms with Crippen LogP contribution in [0.4, 0.5) is 0 Å². The summed E-state index contributed by atoms with van der Waals surface area (Å²) in [6, 6.07) is 0. The molecule has 4 heteroatoms. The molecule has 0 bridgehead atoms. The maximum atomic E-state index is 5.82. The van der Waals surface area contributed by atoms with Gasteiger partial charge in [0.05, 0.1) is 4.88 Å². The standard InChI is InChI=1S/C11H15NOS.ClH/c1-2-8(3-1)9-7-14-10-6-12-4-5-13-11(9)10;/h7-8,12H,1-6H2;1H. The Balaban J connectivity index is 0.000000853. The van der Waals surface area contributed by atoms with E-state index in [1.807, 2.05) is 11.3 Å². The third kappa shape index (κ3) is 2.01. The van der Waals surface area contributed by atoms with Gasteiger partial charge in [-0.1, -0.05) is 6.42 Å². The van der Waals surface area contributed by atoms with Crippen molar-refractivity contribution in [2.24, 2.45) is 0 Å². The van der Waals surface area contributed by atoms with Crippen LogP contribution in [0.15, 0.2) is 5.38 Å². The van der Waals surface area contributed by atoms with E-state index in [-0.39, 0.29) is 12.4 Å². The summed E-state index contributed by atoms with van der Waals surface area (Å²) in [5, 5.41) is 5.68. The molecule has 1 aliphatic heterocycles. The lowest BCUT2D eigenvalue weighted by molar-refractivity contribution is 0.313. The zero-order chi connectivity index (χ0) is 9.38. The van der Waals surface area contributed by atoms with Crippen LogP contribution >= 0.6 is 23.7 Å². The topological polar surface area (TPSA) is 21.3 Å². The van der Waals surface area contributed by atoms with E-state index >= 15 is 0 Å². The van der Waals surface area contributed by atoms with E-state index in [0.717, 1.165) is 25.6 Å². The van der Waals surface area contributed by atoms with E-state index in [4.69, 9.17) is 4.74 Å². The zero-order valence-electron chi connectivity index (χ0n) is 8.62. The van der Waals surface area contributed by atoms with Crippen LogP contribution in [0.1, 0.15) is 35.6 Å². The second-order valence-corrected chi connectivity index (χ2v) is 5.06. The zero-order valence-corrected chi connectivity index (χ0v) is 10.3. The highest BCUT2D eigenvalue weighted by molar-refractivity contribution is 7.10. The molecule has 2 aliphatic rings. The summed E-state index contributed by atoms with van der Waals surface area (Å²) in [7, 11) is 0. The fourth-order valence-electron chi connectivity index (χ4n) is 2.12. The van der Waals surface area contributed by atoms with E-state index in [2.05, 4.69) is 10.7 Å². The number of thiophene rings is 1. The quantitative estimate of drug-likeness (QED) is 0.822. The minimum Gasteiger partial charge on any atom is -0.491 e. The average Bonchev–Trinajstić information content (AvgIpc) is 2.36. The second kappa shape index (κ2) is 4.73. The van der Waals surface area contributed by atoms with Gasteiger partial charge in [-0.15, -0.1) is 23.7 Å². The van der Waals surface area contributed by atoms with Gasteiger partial charge in [0.15, 0.2) is 0 Å². The molecule has 0 aromatic carbocycles. The van der Waals surface area contributed by atoms with Gasteiger partial charge in [0.2, 0.25) is 0 Å². The number of rotatable bonds is 1. The molecule has 1 aromatic rings. The van der Waals surface area contributed by atoms with Crippen LogP contribution in [-0.4, -0.2) is 13.2 Å². The molecular weight excluding hydrogens is 230 g/mol. The second-order valence-electron chi connectivity index (χ2n) is 4.10. The maximum absolute atomic E-state index is 5.82. The molecule has 1 saturated carbocycles. The monoisotopic (exact) mass is 245 g/mol. The molecular formula is C11H16ClNOS. The average molecular weight is 246 g/mol. The van der Waals surface area contributed by atoms with Gasteiger partial charge in [-0.25, -0.2) is 0 Å². The van der Waals surface area contributed by atoms with Crippen molar-refractivity contribution in [2.45, 2.75) is 31.7 Å². The Labute approximate surface area is 100 Å². The van der Waals surface area contributed by atoms with Gasteiger partial charge in [0.1, 0.15) is 12.4 Å². The summed E-state index contributed by atoms with van der Waals surface area (Å²) in [4.78, 5) is 1.39. The highest BCUT2D eigenvalue weighted by Crippen LogP contribution is 2.45. The van der Waals surface area contributed by atoms with Crippen LogP contribution in [0.2, 0.25) is 0 Å². The number of ether oxygens (including phenoxy) is 1. The number of fused-ring (bicyclic) bond motifs is 1. The molecule has 0 amide bonds. The Morgan fingerprint density at radius 3 is 3.00 bits per heavy atom. The predicted octanol–water partition coefficient (Wildman–Crippen LogP) is 2.92. The van der Waals surface area contributed by atoms with Gasteiger partial charge in [-0.3, -0.25) is 0 Å². The molecule has 0 atom stereocenters. The number of halogens is 1. The number of hydrogen-bond donors (Lipinski definition) is 1.